The van der Waals surface area contributed by atoms with E-state index in [4.69, 9.17) is 11.6 Å². The zero-order valence-electron chi connectivity index (χ0n) is 15.7. The van der Waals surface area contributed by atoms with Gasteiger partial charge in [-0.15, -0.1) is 0 Å². The Morgan fingerprint density at radius 2 is 1.89 bits per heavy atom. The summed E-state index contributed by atoms with van der Waals surface area (Å²) < 4.78 is 1.84. The van der Waals surface area contributed by atoms with Gasteiger partial charge in [-0.1, -0.05) is 29.8 Å². The van der Waals surface area contributed by atoms with E-state index in [2.05, 4.69) is 5.10 Å². The van der Waals surface area contributed by atoms with Crippen molar-refractivity contribution in [2.75, 3.05) is 7.05 Å². The molecule has 1 amide bonds. The molecule has 0 unspecified atom stereocenters. The summed E-state index contributed by atoms with van der Waals surface area (Å²) in [6, 6.07) is 13.6. The van der Waals surface area contributed by atoms with Crippen LogP contribution in [0.2, 0.25) is 5.02 Å². The zero-order valence-corrected chi connectivity index (χ0v) is 16.5. The molecule has 0 radical (unpaired) electrons. The van der Waals surface area contributed by atoms with E-state index in [1.54, 1.807) is 7.05 Å². The van der Waals surface area contributed by atoms with E-state index >= 15 is 0 Å². The van der Waals surface area contributed by atoms with Crippen LogP contribution in [0.1, 0.15) is 27.3 Å². The molecule has 3 aromatic rings. The van der Waals surface area contributed by atoms with Crippen molar-refractivity contribution in [3.8, 4) is 5.69 Å². The molecular formula is C20H19ClN4O3. The number of para-hydroxylation sites is 1. The second-order valence-electron chi connectivity index (χ2n) is 6.48. The van der Waals surface area contributed by atoms with Gasteiger partial charge in [-0.2, -0.15) is 5.10 Å². The lowest BCUT2D eigenvalue weighted by molar-refractivity contribution is -0.384. The fraction of sp³-hybridized carbons (Fsp3) is 0.200. The van der Waals surface area contributed by atoms with E-state index in [1.165, 1.54) is 23.1 Å². The number of nitrogens with zero attached hydrogens (tertiary/aromatic N) is 4. The summed E-state index contributed by atoms with van der Waals surface area (Å²) in [4.78, 5) is 24.8. The molecule has 1 heterocycles. The van der Waals surface area contributed by atoms with Gasteiger partial charge in [-0.3, -0.25) is 14.9 Å². The van der Waals surface area contributed by atoms with Crippen molar-refractivity contribution in [2.24, 2.45) is 0 Å². The Hall–Kier alpha value is -3.19. The molecule has 0 N–H and O–H groups in total. The Labute approximate surface area is 167 Å². The quantitative estimate of drug-likeness (QED) is 0.473. The van der Waals surface area contributed by atoms with Gasteiger partial charge in [0.15, 0.2) is 0 Å². The molecule has 3 rings (SSSR count). The maximum atomic E-state index is 12.8. The second kappa shape index (κ2) is 7.82. The standard InChI is InChI=1S/C20H19ClN4O3/c1-13-18(14(2)24(22-13)15-7-5-4-6-8-15)12-23(3)20(26)17-11-16(25(27)28)9-10-19(17)21/h4-11H,12H2,1-3H3. The van der Waals surface area contributed by atoms with Crippen molar-refractivity contribution in [1.29, 1.82) is 0 Å². The normalized spacial score (nSPS) is 10.7. The number of nitro benzene ring substituents is 1. The summed E-state index contributed by atoms with van der Waals surface area (Å²) in [6.07, 6.45) is 0. The van der Waals surface area contributed by atoms with Gasteiger partial charge in [-0.25, -0.2) is 4.68 Å². The number of nitro groups is 1. The number of benzene rings is 2. The number of aromatic nitrogens is 2. The number of hydrogen-bond donors (Lipinski definition) is 0. The molecule has 0 spiro atoms. The first kappa shape index (κ1) is 19.6. The van der Waals surface area contributed by atoms with Crippen molar-refractivity contribution in [2.45, 2.75) is 20.4 Å². The van der Waals surface area contributed by atoms with Crippen molar-refractivity contribution >= 4 is 23.2 Å². The Kier molecular flexibility index (Phi) is 5.46. The summed E-state index contributed by atoms with van der Waals surface area (Å²) in [5, 5.41) is 15.8. The lowest BCUT2D eigenvalue weighted by Gasteiger charge is -2.18. The molecule has 7 nitrogen and oxygen atoms in total. The first-order chi connectivity index (χ1) is 13.3. The number of non-ortho nitro benzene ring substituents is 1. The van der Waals surface area contributed by atoms with E-state index in [0.29, 0.717) is 6.54 Å². The molecular weight excluding hydrogens is 380 g/mol. The van der Waals surface area contributed by atoms with E-state index < -0.39 is 4.92 Å². The predicted molar refractivity (Wildman–Crippen MR) is 107 cm³/mol. The van der Waals surface area contributed by atoms with Crippen molar-refractivity contribution in [1.82, 2.24) is 14.7 Å². The fourth-order valence-electron chi connectivity index (χ4n) is 3.03. The van der Waals surface area contributed by atoms with Crippen LogP contribution in [-0.2, 0) is 6.54 Å². The molecule has 0 fully saturated rings. The smallest absolute Gasteiger partial charge is 0.270 e. The summed E-state index contributed by atoms with van der Waals surface area (Å²) in [5.74, 6) is -0.389. The van der Waals surface area contributed by atoms with Gasteiger partial charge in [0.1, 0.15) is 0 Å². The largest absolute Gasteiger partial charge is 0.337 e. The van der Waals surface area contributed by atoms with Gasteiger partial charge in [0.2, 0.25) is 0 Å². The molecule has 1 aromatic heterocycles. The first-order valence-corrected chi connectivity index (χ1v) is 8.97. The number of carbonyl (C=O) groups excluding carboxylic acids is 1. The van der Waals surface area contributed by atoms with Crippen LogP contribution in [0.15, 0.2) is 48.5 Å². The van der Waals surface area contributed by atoms with Gasteiger partial charge in [0.05, 0.1) is 26.9 Å². The second-order valence-corrected chi connectivity index (χ2v) is 6.89. The van der Waals surface area contributed by atoms with Gasteiger partial charge >= 0.3 is 0 Å². The number of amides is 1. The molecule has 0 bridgehead atoms. The number of hydrogen-bond acceptors (Lipinski definition) is 4. The number of aryl methyl sites for hydroxylation is 1. The summed E-state index contributed by atoms with van der Waals surface area (Å²) in [5.41, 5.74) is 3.51. The Bertz CT molecular complexity index is 1050. The maximum absolute atomic E-state index is 12.8. The highest BCUT2D eigenvalue weighted by molar-refractivity contribution is 6.33. The highest BCUT2D eigenvalue weighted by Gasteiger charge is 2.22. The van der Waals surface area contributed by atoms with Crippen LogP contribution in [0.25, 0.3) is 5.69 Å². The summed E-state index contributed by atoms with van der Waals surface area (Å²) in [6.45, 7) is 4.14. The lowest BCUT2D eigenvalue weighted by Crippen LogP contribution is -2.27. The van der Waals surface area contributed by atoms with Crippen molar-refractivity contribution in [3.63, 3.8) is 0 Å². The van der Waals surface area contributed by atoms with Crippen LogP contribution in [0.5, 0.6) is 0 Å². The van der Waals surface area contributed by atoms with E-state index in [0.717, 1.165) is 22.6 Å². The summed E-state index contributed by atoms with van der Waals surface area (Å²) >= 11 is 6.10. The molecule has 0 saturated heterocycles. The number of rotatable bonds is 5. The van der Waals surface area contributed by atoms with Gasteiger partial charge in [0, 0.05) is 37.0 Å². The Balaban J connectivity index is 1.89. The lowest BCUT2D eigenvalue weighted by atomic mass is 10.1. The van der Waals surface area contributed by atoms with Gasteiger partial charge in [-0.05, 0) is 32.0 Å². The number of carbonyl (C=O) groups is 1. The molecule has 0 aliphatic rings. The van der Waals surface area contributed by atoms with Crippen LogP contribution in [-0.4, -0.2) is 32.6 Å². The minimum atomic E-state index is -0.550. The molecule has 28 heavy (non-hydrogen) atoms. The highest BCUT2D eigenvalue weighted by atomic mass is 35.5. The summed E-state index contributed by atoms with van der Waals surface area (Å²) in [7, 11) is 1.64. The van der Waals surface area contributed by atoms with Crippen molar-refractivity contribution in [3.05, 3.63) is 86.2 Å². The topological polar surface area (TPSA) is 81.3 Å². The molecule has 0 aliphatic heterocycles. The van der Waals surface area contributed by atoms with Crippen LogP contribution in [0, 0.1) is 24.0 Å². The molecule has 0 aliphatic carbocycles. The third-order valence-electron chi connectivity index (χ3n) is 4.58. The van der Waals surface area contributed by atoms with E-state index in [-0.39, 0.29) is 22.2 Å². The van der Waals surface area contributed by atoms with Gasteiger partial charge < -0.3 is 4.90 Å². The molecule has 0 atom stereocenters. The monoisotopic (exact) mass is 398 g/mol. The molecule has 2 aromatic carbocycles. The van der Waals surface area contributed by atoms with Crippen LogP contribution in [0.4, 0.5) is 5.69 Å². The molecule has 144 valence electrons. The van der Waals surface area contributed by atoms with Crippen LogP contribution < -0.4 is 0 Å². The van der Waals surface area contributed by atoms with E-state index in [1.807, 2.05) is 48.9 Å². The average Bonchev–Trinajstić information content (AvgIpc) is 2.96. The number of halogens is 1. The minimum Gasteiger partial charge on any atom is -0.337 e. The highest BCUT2D eigenvalue weighted by Crippen LogP contribution is 2.25. The van der Waals surface area contributed by atoms with Crippen LogP contribution >= 0.6 is 11.6 Å². The Morgan fingerprint density at radius 3 is 2.54 bits per heavy atom. The van der Waals surface area contributed by atoms with E-state index in [9.17, 15) is 14.9 Å². The average molecular weight is 399 g/mol. The third-order valence-corrected chi connectivity index (χ3v) is 4.90. The SMILES string of the molecule is Cc1nn(-c2ccccc2)c(C)c1CN(C)C(=O)c1cc([N+](=O)[O-])ccc1Cl. The minimum absolute atomic E-state index is 0.101. The predicted octanol–water partition coefficient (Wildman–Crippen LogP) is 4.32. The third kappa shape index (κ3) is 3.75. The Morgan fingerprint density at radius 1 is 1.21 bits per heavy atom. The molecule has 0 saturated carbocycles. The van der Waals surface area contributed by atoms with Crippen molar-refractivity contribution < 1.29 is 9.72 Å². The van der Waals surface area contributed by atoms with Gasteiger partial charge in [0.25, 0.3) is 11.6 Å². The first-order valence-electron chi connectivity index (χ1n) is 8.59. The fourth-order valence-corrected chi connectivity index (χ4v) is 3.23. The zero-order chi connectivity index (χ0) is 20.4. The van der Waals surface area contributed by atoms with Crippen LogP contribution in [0.3, 0.4) is 0 Å². The maximum Gasteiger partial charge on any atom is 0.270 e. The molecule has 8 heteroatoms.